The lowest BCUT2D eigenvalue weighted by atomic mass is 10.0. The normalized spacial score (nSPS) is 12.4. The number of hydrazine groups is 1. The van der Waals surface area contributed by atoms with Crippen molar-refractivity contribution in [2.24, 2.45) is 5.84 Å². The fourth-order valence-corrected chi connectivity index (χ4v) is 2.32. The monoisotopic (exact) mass is 249 g/mol. The van der Waals surface area contributed by atoms with Gasteiger partial charge < -0.3 is 4.74 Å². The summed E-state index contributed by atoms with van der Waals surface area (Å²) >= 11 is 1.63. The minimum Gasteiger partial charge on any atom is -0.497 e. The van der Waals surface area contributed by atoms with Gasteiger partial charge in [0.1, 0.15) is 5.75 Å². The SMILES string of the molecule is COc1cccc(C(Cc2cncs2)NN)c1. The maximum absolute atomic E-state index is 5.61. The summed E-state index contributed by atoms with van der Waals surface area (Å²) in [5.41, 5.74) is 5.77. The standard InChI is InChI=1S/C12H15N3OS/c1-16-10-4-2-3-9(5-10)12(15-13)6-11-7-14-8-17-11/h2-5,7-8,12,15H,6,13H2,1H3. The fourth-order valence-electron chi connectivity index (χ4n) is 1.68. The van der Waals surface area contributed by atoms with Crippen LogP contribution in [-0.2, 0) is 6.42 Å². The van der Waals surface area contributed by atoms with Crippen molar-refractivity contribution in [3.8, 4) is 5.75 Å². The smallest absolute Gasteiger partial charge is 0.119 e. The predicted octanol–water partition coefficient (Wildman–Crippen LogP) is 1.90. The predicted molar refractivity (Wildman–Crippen MR) is 68.9 cm³/mol. The molecule has 0 amide bonds. The Bertz CT molecular complexity index is 459. The number of rotatable bonds is 5. The molecule has 1 heterocycles. The molecule has 2 aromatic rings. The van der Waals surface area contributed by atoms with Gasteiger partial charge in [-0.15, -0.1) is 11.3 Å². The number of ether oxygens (including phenoxy) is 1. The first-order valence-corrected chi connectivity index (χ1v) is 6.19. The Morgan fingerprint density at radius 2 is 2.41 bits per heavy atom. The largest absolute Gasteiger partial charge is 0.497 e. The van der Waals surface area contributed by atoms with Gasteiger partial charge >= 0.3 is 0 Å². The summed E-state index contributed by atoms with van der Waals surface area (Å²) in [5.74, 6) is 6.45. The van der Waals surface area contributed by atoms with Crippen molar-refractivity contribution in [3.63, 3.8) is 0 Å². The molecule has 1 aromatic heterocycles. The van der Waals surface area contributed by atoms with Gasteiger partial charge in [-0.1, -0.05) is 12.1 Å². The van der Waals surface area contributed by atoms with E-state index in [1.165, 1.54) is 4.88 Å². The molecule has 0 aliphatic rings. The number of aromatic nitrogens is 1. The Labute approximate surface area is 104 Å². The number of nitrogens with zero attached hydrogens (tertiary/aromatic N) is 1. The van der Waals surface area contributed by atoms with Crippen molar-refractivity contribution in [1.82, 2.24) is 10.4 Å². The maximum Gasteiger partial charge on any atom is 0.119 e. The molecule has 0 saturated carbocycles. The van der Waals surface area contributed by atoms with Crippen molar-refractivity contribution in [2.45, 2.75) is 12.5 Å². The molecule has 1 unspecified atom stereocenters. The Hall–Kier alpha value is -1.43. The van der Waals surface area contributed by atoms with Gasteiger partial charge in [0, 0.05) is 17.5 Å². The van der Waals surface area contributed by atoms with Crippen molar-refractivity contribution in [1.29, 1.82) is 0 Å². The highest BCUT2D eigenvalue weighted by Crippen LogP contribution is 2.23. The molecule has 1 aromatic carbocycles. The number of methoxy groups -OCH3 is 1. The van der Waals surface area contributed by atoms with Crippen LogP contribution in [0.2, 0.25) is 0 Å². The molecule has 4 nitrogen and oxygen atoms in total. The van der Waals surface area contributed by atoms with E-state index in [1.54, 1.807) is 18.4 Å². The van der Waals surface area contributed by atoms with Crippen LogP contribution in [0.5, 0.6) is 5.75 Å². The summed E-state index contributed by atoms with van der Waals surface area (Å²) in [5, 5.41) is 0. The second kappa shape index (κ2) is 5.77. The number of benzene rings is 1. The van der Waals surface area contributed by atoms with Crippen LogP contribution in [0.15, 0.2) is 36.0 Å². The average molecular weight is 249 g/mol. The van der Waals surface area contributed by atoms with E-state index >= 15 is 0 Å². The number of hydrogen-bond donors (Lipinski definition) is 2. The molecule has 0 aliphatic heterocycles. The maximum atomic E-state index is 5.61. The Morgan fingerprint density at radius 1 is 1.53 bits per heavy atom. The molecule has 0 fully saturated rings. The van der Waals surface area contributed by atoms with E-state index in [0.717, 1.165) is 17.7 Å². The highest BCUT2D eigenvalue weighted by Gasteiger charge is 2.12. The fraction of sp³-hybridized carbons (Fsp3) is 0.250. The van der Waals surface area contributed by atoms with Crippen molar-refractivity contribution in [3.05, 3.63) is 46.4 Å². The summed E-state index contributed by atoms with van der Waals surface area (Å²) in [6, 6.07) is 7.99. The molecule has 17 heavy (non-hydrogen) atoms. The lowest BCUT2D eigenvalue weighted by Crippen LogP contribution is -2.29. The van der Waals surface area contributed by atoms with Gasteiger partial charge in [0.25, 0.3) is 0 Å². The zero-order valence-corrected chi connectivity index (χ0v) is 10.4. The summed E-state index contributed by atoms with van der Waals surface area (Å²) in [7, 11) is 1.66. The van der Waals surface area contributed by atoms with Gasteiger partial charge in [0.05, 0.1) is 18.7 Å². The number of hydrogen-bond acceptors (Lipinski definition) is 5. The van der Waals surface area contributed by atoms with Crippen molar-refractivity contribution >= 4 is 11.3 Å². The molecule has 0 saturated heterocycles. The Balaban J connectivity index is 2.16. The average Bonchev–Trinajstić information content (AvgIpc) is 2.89. The summed E-state index contributed by atoms with van der Waals surface area (Å²) in [6.45, 7) is 0. The lowest BCUT2D eigenvalue weighted by molar-refractivity contribution is 0.413. The first-order chi connectivity index (χ1) is 8.33. The zero-order chi connectivity index (χ0) is 12.1. The highest BCUT2D eigenvalue weighted by atomic mass is 32.1. The van der Waals surface area contributed by atoms with E-state index in [4.69, 9.17) is 10.6 Å². The molecule has 0 bridgehead atoms. The van der Waals surface area contributed by atoms with Gasteiger partial charge in [-0.05, 0) is 17.7 Å². The third kappa shape index (κ3) is 3.03. The number of thiazole rings is 1. The number of nitrogens with two attached hydrogens (primary N) is 1. The van der Waals surface area contributed by atoms with E-state index in [2.05, 4.69) is 10.4 Å². The van der Waals surface area contributed by atoms with E-state index in [0.29, 0.717) is 0 Å². The van der Waals surface area contributed by atoms with Gasteiger partial charge in [0.15, 0.2) is 0 Å². The van der Waals surface area contributed by atoms with Crippen LogP contribution in [0.4, 0.5) is 0 Å². The Morgan fingerprint density at radius 3 is 3.06 bits per heavy atom. The van der Waals surface area contributed by atoms with Crippen LogP contribution in [0.1, 0.15) is 16.5 Å². The second-order valence-corrected chi connectivity index (χ2v) is 4.64. The summed E-state index contributed by atoms with van der Waals surface area (Å²) in [4.78, 5) is 5.27. The molecule has 0 spiro atoms. The van der Waals surface area contributed by atoms with Gasteiger partial charge in [-0.3, -0.25) is 16.3 Å². The van der Waals surface area contributed by atoms with Gasteiger partial charge in [0.2, 0.25) is 0 Å². The van der Waals surface area contributed by atoms with Crippen LogP contribution < -0.4 is 16.0 Å². The van der Waals surface area contributed by atoms with E-state index in [1.807, 2.05) is 36.0 Å². The van der Waals surface area contributed by atoms with Crippen LogP contribution in [0, 0.1) is 0 Å². The highest BCUT2D eigenvalue weighted by molar-refractivity contribution is 7.09. The topological polar surface area (TPSA) is 60.2 Å². The second-order valence-electron chi connectivity index (χ2n) is 3.67. The van der Waals surface area contributed by atoms with Crippen molar-refractivity contribution < 1.29 is 4.74 Å². The van der Waals surface area contributed by atoms with Gasteiger partial charge in [-0.2, -0.15) is 0 Å². The molecule has 0 aliphatic carbocycles. The molecule has 90 valence electrons. The van der Waals surface area contributed by atoms with E-state index < -0.39 is 0 Å². The van der Waals surface area contributed by atoms with Crippen LogP contribution >= 0.6 is 11.3 Å². The number of nitrogens with one attached hydrogen (secondary N) is 1. The summed E-state index contributed by atoms with van der Waals surface area (Å²) < 4.78 is 5.21. The van der Waals surface area contributed by atoms with Gasteiger partial charge in [-0.25, -0.2) is 0 Å². The quantitative estimate of drug-likeness (QED) is 0.627. The van der Waals surface area contributed by atoms with Crippen LogP contribution in [-0.4, -0.2) is 12.1 Å². The molecule has 2 rings (SSSR count). The minimum absolute atomic E-state index is 0.0746. The van der Waals surface area contributed by atoms with E-state index in [9.17, 15) is 0 Å². The minimum atomic E-state index is 0.0746. The lowest BCUT2D eigenvalue weighted by Gasteiger charge is -2.15. The van der Waals surface area contributed by atoms with Crippen molar-refractivity contribution in [2.75, 3.05) is 7.11 Å². The third-order valence-corrected chi connectivity index (χ3v) is 3.39. The molecule has 5 heteroatoms. The van der Waals surface area contributed by atoms with E-state index in [-0.39, 0.29) is 6.04 Å². The molecular weight excluding hydrogens is 234 g/mol. The summed E-state index contributed by atoms with van der Waals surface area (Å²) in [6.07, 6.45) is 2.70. The third-order valence-electron chi connectivity index (χ3n) is 2.59. The van der Waals surface area contributed by atoms with Crippen LogP contribution in [0.3, 0.4) is 0 Å². The Kier molecular flexibility index (Phi) is 4.08. The zero-order valence-electron chi connectivity index (χ0n) is 9.59. The molecule has 3 N–H and O–H groups in total. The molecule has 0 radical (unpaired) electrons. The first-order valence-electron chi connectivity index (χ1n) is 5.31. The molecule has 1 atom stereocenters. The first kappa shape index (κ1) is 12.0. The molecular formula is C12H15N3OS. The van der Waals surface area contributed by atoms with Crippen LogP contribution in [0.25, 0.3) is 0 Å².